The predicted molar refractivity (Wildman–Crippen MR) is 67.3 cm³/mol. The lowest BCUT2D eigenvalue weighted by molar-refractivity contribution is 0.132. The Morgan fingerprint density at radius 3 is 3.12 bits per heavy atom. The van der Waals surface area contributed by atoms with Crippen molar-refractivity contribution in [2.45, 2.75) is 38.6 Å². The van der Waals surface area contributed by atoms with Gasteiger partial charge in [0, 0.05) is 16.4 Å². The molecule has 1 saturated heterocycles. The zero-order chi connectivity index (χ0) is 11.0. The van der Waals surface area contributed by atoms with E-state index in [9.17, 15) is 0 Å². The fourth-order valence-corrected chi connectivity index (χ4v) is 4.25. The van der Waals surface area contributed by atoms with Crippen LogP contribution >= 0.6 is 11.3 Å². The molecular weight excluding hydrogens is 218 g/mol. The predicted octanol–water partition coefficient (Wildman–Crippen LogP) is 2.60. The Balaban J connectivity index is 1.88. The molecule has 1 aliphatic carbocycles. The van der Waals surface area contributed by atoms with Crippen LogP contribution in [0.5, 0.6) is 0 Å². The quantitative estimate of drug-likeness (QED) is 0.810. The van der Waals surface area contributed by atoms with Crippen LogP contribution < -0.4 is 5.32 Å². The molecule has 2 nitrogen and oxygen atoms in total. The molecule has 1 unspecified atom stereocenters. The third-order valence-corrected chi connectivity index (χ3v) is 5.19. The molecule has 2 aliphatic rings. The van der Waals surface area contributed by atoms with Crippen molar-refractivity contribution in [1.29, 1.82) is 0 Å². The van der Waals surface area contributed by atoms with E-state index < -0.39 is 0 Å². The molecule has 1 fully saturated rings. The van der Waals surface area contributed by atoms with Gasteiger partial charge in [-0.05, 0) is 50.3 Å². The van der Waals surface area contributed by atoms with Gasteiger partial charge in [-0.15, -0.1) is 11.3 Å². The summed E-state index contributed by atoms with van der Waals surface area (Å²) in [6.07, 6.45) is 5.09. The molecule has 0 amide bonds. The summed E-state index contributed by atoms with van der Waals surface area (Å²) in [5.41, 5.74) is 3.19. The first-order valence-corrected chi connectivity index (χ1v) is 7.10. The summed E-state index contributed by atoms with van der Waals surface area (Å²) in [6.45, 7) is 5.14. The average molecular weight is 237 g/mol. The second-order valence-electron chi connectivity index (χ2n) is 4.78. The molecule has 2 heterocycles. The Morgan fingerprint density at radius 2 is 2.25 bits per heavy atom. The van der Waals surface area contributed by atoms with E-state index in [0.717, 1.165) is 26.2 Å². The van der Waals surface area contributed by atoms with Crippen LogP contribution in [-0.4, -0.2) is 19.8 Å². The molecule has 88 valence electrons. The standard InChI is InChI=1S/C13H19NOS/c1-9-10-4-2-5-12(10)16-13(9)11-8-15-7-3-6-14-11/h11,14H,2-8H2,1H3. The summed E-state index contributed by atoms with van der Waals surface area (Å²) in [5, 5.41) is 3.61. The van der Waals surface area contributed by atoms with Gasteiger partial charge in [0.1, 0.15) is 0 Å². The molecule has 1 aromatic heterocycles. The lowest BCUT2D eigenvalue weighted by Gasteiger charge is -2.15. The van der Waals surface area contributed by atoms with Gasteiger partial charge in [0.15, 0.2) is 0 Å². The normalized spacial score (nSPS) is 25.4. The van der Waals surface area contributed by atoms with Crippen molar-refractivity contribution in [2.75, 3.05) is 19.8 Å². The SMILES string of the molecule is Cc1c(C2COCCCN2)sc2c1CCC2. The topological polar surface area (TPSA) is 21.3 Å². The average Bonchev–Trinajstić information content (AvgIpc) is 2.74. The minimum Gasteiger partial charge on any atom is -0.379 e. The second kappa shape index (κ2) is 4.47. The van der Waals surface area contributed by atoms with E-state index in [1.54, 1.807) is 16.0 Å². The molecule has 16 heavy (non-hydrogen) atoms. The third-order valence-electron chi connectivity index (χ3n) is 3.68. The lowest BCUT2D eigenvalue weighted by atomic mass is 10.1. The first-order chi connectivity index (χ1) is 7.86. The molecule has 1 N–H and O–H groups in total. The van der Waals surface area contributed by atoms with Crippen molar-refractivity contribution in [1.82, 2.24) is 5.32 Å². The first-order valence-electron chi connectivity index (χ1n) is 6.28. The van der Waals surface area contributed by atoms with Crippen molar-refractivity contribution in [3.63, 3.8) is 0 Å². The molecule has 0 saturated carbocycles. The van der Waals surface area contributed by atoms with Crippen LogP contribution in [0.2, 0.25) is 0 Å². The van der Waals surface area contributed by atoms with Crippen molar-refractivity contribution in [3.05, 3.63) is 20.9 Å². The third kappa shape index (κ3) is 1.81. The van der Waals surface area contributed by atoms with Gasteiger partial charge in [-0.25, -0.2) is 0 Å². The second-order valence-corrected chi connectivity index (χ2v) is 5.92. The smallest absolute Gasteiger partial charge is 0.0669 e. The van der Waals surface area contributed by atoms with E-state index in [2.05, 4.69) is 12.2 Å². The maximum atomic E-state index is 5.66. The molecule has 0 radical (unpaired) electrons. The van der Waals surface area contributed by atoms with Gasteiger partial charge in [0.05, 0.1) is 12.6 Å². The zero-order valence-corrected chi connectivity index (χ0v) is 10.7. The van der Waals surface area contributed by atoms with Crippen LogP contribution in [0.3, 0.4) is 0 Å². The summed E-state index contributed by atoms with van der Waals surface area (Å²) < 4.78 is 5.66. The van der Waals surface area contributed by atoms with Crippen LogP contribution in [0.4, 0.5) is 0 Å². The molecular formula is C13H19NOS. The minimum atomic E-state index is 0.443. The highest BCUT2D eigenvalue weighted by molar-refractivity contribution is 7.12. The summed E-state index contributed by atoms with van der Waals surface area (Å²) in [4.78, 5) is 3.17. The van der Waals surface area contributed by atoms with Crippen LogP contribution in [0.25, 0.3) is 0 Å². The Morgan fingerprint density at radius 1 is 1.31 bits per heavy atom. The zero-order valence-electron chi connectivity index (χ0n) is 9.84. The summed E-state index contributed by atoms with van der Waals surface area (Å²) in [5.74, 6) is 0. The highest BCUT2D eigenvalue weighted by atomic mass is 32.1. The van der Waals surface area contributed by atoms with Crippen LogP contribution in [-0.2, 0) is 17.6 Å². The van der Waals surface area contributed by atoms with Gasteiger partial charge in [0.2, 0.25) is 0 Å². The lowest BCUT2D eigenvalue weighted by Crippen LogP contribution is -2.23. The molecule has 1 aromatic rings. The van der Waals surface area contributed by atoms with Crippen molar-refractivity contribution in [2.24, 2.45) is 0 Å². The monoisotopic (exact) mass is 237 g/mol. The van der Waals surface area contributed by atoms with Crippen molar-refractivity contribution < 1.29 is 4.74 Å². The maximum Gasteiger partial charge on any atom is 0.0669 e. The molecule has 0 bridgehead atoms. The van der Waals surface area contributed by atoms with Crippen LogP contribution in [0.15, 0.2) is 0 Å². The van der Waals surface area contributed by atoms with E-state index in [4.69, 9.17) is 4.74 Å². The number of fused-ring (bicyclic) bond motifs is 1. The molecule has 3 heteroatoms. The van der Waals surface area contributed by atoms with Crippen LogP contribution in [0, 0.1) is 6.92 Å². The number of aryl methyl sites for hydroxylation is 1. The van der Waals surface area contributed by atoms with E-state index in [1.807, 2.05) is 11.3 Å². The number of rotatable bonds is 1. The molecule has 0 spiro atoms. The summed E-state index contributed by atoms with van der Waals surface area (Å²) in [7, 11) is 0. The van der Waals surface area contributed by atoms with Crippen molar-refractivity contribution >= 4 is 11.3 Å². The number of thiophene rings is 1. The largest absolute Gasteiger partial charge is 0.379 e. The van der Waals surface area contributed by atoms with E-state index in [1.165, 1.54) is 24.1 Å². The van der Waals surface area contributed by atoms with Gasteiger partial charge in [0.25, 0.3) is 0 Å². The Kier molecular flexibility index (Phi) is 3.01. The van der Waals surface area contributed by atoms with Crippen molar-refractivity contribution in [3.8, 4) is 0 Å². The van der Waals surface area contributed by atoms with E-state index in [0.29, 0.717) is 6.04 Å². The minimum absolute atomic E-state index is 0.443. The molecule has 3 rings (SSSR count). The van der Waals surface area contributed by atoms with Gasteiger partial charge in [-0.2, -0.15) is 0 Å². The highest BCUT2D eigenvalue weighted by Crippen LogP contribution is 2.38. The molecule has 0 aromatic carbocycles. The first kappa shape index (κ1) is 10.8. The van der Waals surface area contributed by atoms with E-state index >= 15 is 0 Å². The van der Waals surface area contributed by atoms with Gasteiger partial charge >= 0.3 is 0 Å². The van der Waals surface area contributed by atoms with Crippen LogP contribution in [0.1, 0.15) is 39.8 Å². The fourth-order valence-electron chi connectivity index (χ4n) is 2.79. The number of hydrogen-bond acceptors (Lipinski definition) is 3. The Labute approximate surface area is 101 Å². The molecule has 1 atom stereocenters. The highest BCUT2D eigenvalue weighted by Gasteiger charge is 2.24. The fraction of sp³-hybridized carbons (Fsp3) is 0.692. The maximum absolute atomic E-state index is 5.66. The van der Waals surface area contributed by atoms with Gasteiger partial charge < -0.3 is 10.1 Å². The Bertz CT molecular complexity index is 378. The summed E-state index contributed by atoms with van der Waals surface area (Å²) >= 11 is 2.02. The number of nitrogens with one attached hydrogen (secondary N) is 1. The van der Waals surface area contributed by atoms with Gasteiger partial charge in [-0.3, -0.25) is 0 Å². The summed E-state index contributed by atoms with van der Waals surface area (Å²) in [6, 6.07) is 0.443. The number of hydrogen-bond donors (Lipinski definition) is 1. The Hall–Kier alpha value is -0.380. The van der Waals surface area contributed by atoms with E-state index in [-0.39, 0.29) is 0 Å². The number of ether oxygens (including phenoxy) is 1. The van der Waals surface area contributed by atoms with Gasteiger partial charge in [-0.1, -0.05) is 0 Å². The molecule has 1 aliphatic heterocycles.